The van der Waals surface area contributed by atoms with Crippen molar-refractivity contribution in [3.05, 3.63) is 53.8 Å². The van der Waals surface area contributed by atoms with E-state index in [1.54, 1.807) is 36.1 Å². The van der Waals surface area contributed by atoms with Gasteiger partial charge in [-0.15, -0.1) is 0 Å². The van der Waals surface area contributed by atoms with Crippen LogP contribution in [-0.2, 0) is 19.1 Å². The van der Waals surface area contributed by atoms with Crippen molar-refractivity contribution in [2.24, 2.45) is 5.92 Å². The molecule has 4 rings (SSSR count). The number of benzene rings is 2. The summed E-state index contributed by atoms with van der Waals surface area (Å²) >= 11 is 0. The molecule has 2 aliphatic rings. The second-order valence-corrected chi connectivity index (χ2v) is 9.20. The molecule has 2 heterocycles. The lowest BCUT2D eigenvalue weighted by Crippen LogP contribution is -2.42. The van der Waals surface area contributed by atoms with E-state index in [2.05, 4.69) is 0 Å². The maximum atomic E-state index is 13.4. The SMILES string of the molecule is CCOC(=O)C1CCN(C(=O)CCCN2C(=O)COc3ccc(C(=O)COc4cccc(F)c4)cc32)CC1. The van der Waals surface area contributed by atoms with E-state index < -0.39 is 5.82 Å². The molecular formula is C28H31FN2O7. The van der Waals surface area contributed by atoms with Gasteiger partial charge in [0.05, 0.1) is 18.2 Å². The molecule has 2 aromatic rings. The highest BCUT2D eigenvalue weighted by Crippen LogP contribution is 2.33. The molecule has 0 atom stereocenters. The smallest absolute Gasteiger partial charge is 0.309 e. The molecule has 1 saturated heterocycles. The van der Waals surface area contributed by atoms with E-state index >= 15 is 0 Å². The molecule has 0 radical (unpaired) electrons. The summed E-state index contributed by atoms with van der Waals surface area (Å²) in [6.45, 7) is 3.00. The first kappa shape index (κ1) is 27.1. The van der Waals surface area contributed by atoms with Gasteiger partial charge in [0, 0.05) is 37.7 Å². The number of anilines is 1. The number of hydrogen-bond donors (Lipinski definition) is 0. The molecule has 0 aromatic heterocycles. The van der Waals surface area contributed by atoms with Crippen LogP contribution in [0, 0.1) is 11.7 Å². The number of esters is 1. The molecule has 0 spiro atoms. The van der Waals surface area contributed by atoms with Crippen molar-refractivity contribution < 1.29 is 37.8 Å². The highest BCUT2D eigenvalue weighted by atomic mass is 19.1. The summed E-state index contributed by atoms with van der Waals surface area (Å²) in [5.74, 6) is -0.746. The molecule has 9 nitrogen and oxygen atoms in total. The molecule has 0 aliphatic carbocycles. The Kier molecular flexibility index (Phi) is 8.93. The zero-order chi connectivity index (χ0) is 27.1. The zero-order valence-electron chi connectivity index (χ0n) is 21.3. The maximum absolute atomic E-state index is 13.4. The lowest BCUT2D eigenvalue weighted by molar-refractivity contribution is -0.151. The fourth-order valence-electron chi connectivity index (χ4n) is 4.58. The minimum Gasteiger partial charge on any atom is -0.485 e. The molecule has 0 unspecified atom stereocenters. The number of ether oxygens (including phenoxy) is 3. The lowest BCUT2D eigenvalue weighted by atomic mass is 9.96. The number of carbonyl (C=O) groups is 4. The van der Waals surface area contributed by atoms with Crippen LogP contribution in [0.4, 0.5) is 10.1 Å². The maximum Gasteiger partial charge on any atom is 0.309 e. The molecule has 0 saturated carbocycles. The minimum atomic E-state index is -0.463. The molecule has 10 heteroatoms. The fraction of sp³-hybridized carbons (Fsp3) is 0.429. The van der Waals surface area contributed by atoms with Crippen LogP contribution in [0.25, 0.3) is 0 Å². The van der Waals surface area contributed by atoms with E-state index in [4.69, 9.17) is 14.2 Å². The van der Waals surface area contributed by atoms with Crippen molar-refractivity contribution in [2.75, 3.05) is 44.4 Å². The van der Waals surface area contributed by atoms with Gasteiger partial charge in [-0.2, -0.15) is 0 Å². The van der Waals surface area contributed by atoms with E-state index in [-0.39, 0.29) is 61.4 Å². The minimum absolute atomic E-state index is 0.0216. The Morgan fingerprint density at radius 3 is 2.63 bits per heavy atom. The fourth-order valence-corrected chi connectivity index (χ4v) is 4.58. The number of piperidine rings is 1. The van der Waals surface area contributed by atoms with E-state index in [0.29, 0.717) is 56.0 Å². The summed E-state index contributed by atoms with van der Waals surface area (Å²) in [7, 11) is 0. The standard InChI is InChI=1S/C28H31FN2O7/c1-2-36-28(35)19-10-13-30(14-11-19)26(33)7-4-12-31-23-15-20(8-9-25(23)38-18-27(31)34)24(32)17-37-22-6-3-5-21(29)16-22/h3,5-6,8-9,15-16,19H,2,4,7,10-14,17-18H2,1H3. The van der Waals surface area contributed by atoms with Crippen LogP contribution in [0.2, 0.25) is 0 Å². The van der Waals surface area contributed by atoms with Gasteiger partial charge in [0.15, 0.2) is 19.0 Å². The number of nitrogens with zero attached hydrogens (tertiary/aromatic N) is 2. The van der Waals surface area contributed by atoms with Crippen LogP contribution in [0.3, 0.4) is 0 Å². The first-order valence-corrected chi connectivity index (χ1v) is 12.8. The Labute approximate surface area is 220 Å². The largest absolute Gasteiger partial charge is 0.485 e. The Morgan fingerprint density at radius 1 is 1.11 bits per heavy atom. The summed E-state index contributed by atoms with van der Waals surface area (Å²) in [4.78, 5) is 53.3. The molecule has 0 N–H and O–H groups in total. The summed E-state index contributed by atoms with van der Waals surface area (Å²) in [6, 6.07) is 10.3. The van der Waals surface area contributed by atoms with Gasteiger partial charge in [0.1, 0.15) is 17.3 Å². The van der Waals surface area contributed by atoms with Gasteiger partial charge in [-0.05, 0) is 56.5 Å². The van der Waals surface area contributed by atoms with Crippen LogP contribution < -0.4 is 14.4 Å². The van der Waals surface area contributed by atoms with Crippen LogP contribution in [-0.4, -0.2) is 67.9 Å². The number of amides is 2. The number of likely N-dealkylation sites (tertiary alicyclic amines) is 1. The van der Waals surface area contributed by atoms with Gasteiger partial charge in [0.2, 0.25) is 5.91 Å². The van der Waals surface area contributed by atoms with Crippen molar-refractivity contribution in [2.45, 2.75) is 32.6 Å². The second kappa shape index (κ2) is 12.5. The monoisotopic (exact) mass is 526 g/mol. The number of rotatable bonds is 10. The van der Waals surface area contributed by atoms with Crippen LogP contribution in [0.15, 0.2) is 42.5 Å². The molecule has 2 amide bonds. The van der Waals surface area contributed by atoms with E-state index in [1.807, 2.05) is 0 Å². The van der Waals surface area contributed by atoms with Crippen molar-refractivity contribution in [1.82, 2.24) is 4.90 Å². The third kappa shape index (κ3) is 6.67. The number of halogens is 1. The summed E-state index contributed by atoms with van der Waals surface area (Å²) in [5, 5.41) is 0. The normalized spacial score (nSPS) is 15.5. The average Bonchev–Trinajstić information content (AvgIpc) is 2.92. The van der Waals surface area contributed by atoms with Gasteiger partial charge in [-0.25, -0.2) is 4.39 Å². The molecule has 202 valence electrons. The summed E-state index contributed by atoms with van der Waals surface area (Å²) in [6.07, 6.45) is 1.85. The van der Waals surface area contributed by atoms with Crippen molar-refractivity contribution >= 4 is 29.3 Å². The number of carbonyl (C=O) groups excluding carboxylic acids is 4. The Bertz CT molecular complexity index is 1190. The van der Waals surface area contributed by atoms with Gasteiger partial charge in [-0.1, -0.05) is 6.07 Å². The predicted molar refractivity (Wildman–Crippen MR) is 136 cm³/mol. The summed E-state index contributed by atoms with van der Waals surface area (Å²) in [5.41, 5.74) is 0.782. The van der Waals surface area contributed by atoms with Crippen molar-refractivity contribution in [3.63, 3.8) is 0 Å². The van der Waals surface area contributed by atoms with Crippen LogP contribution >= 0.6 is 0 Å². The van der Waals surface area contributed by atoms with Gasteiger partial charge >= 0.3 is 5.97 Å². The second-order valence-electron chi connectivity index (χ2n) is 9.20. The van der Waals surface area contributed by atoms with E-state index in [1.165, 1.54) is 23.1 Å². The lowest BCUT2D eigenvalue weighted by Gasteiger charge is -2.32. The highest BCUT2D eigenvalue weighted by Gasteiger charge is 2.29. The molecule has 2 aliphatic heterocycles. The predicted octanol–water partition coefficient (Wildman–Crippen LogP) is 3.39. The number of Topliss-reactive ketones (excluding diaryl/α,β-unsaturated/α-hetero) is 1. The van der Waals surface area contributed by atoms with Gasteiger partial charge < -0.3 is 24.0 Å². The molecule has 0 bridgehead atoms. The van der Waals surface area contributed by atoms with Crippen LogP contribution in [0.1, 0.15) is 43.0 Å². The van der Waals surface area contributed by atoms with Gasteiger partial charge in [-0.3, -0.25) is 19.2 Å². The Morgan fingerprint density at radius 2 is 1.89 bits per heavy atom. The number of ketones is 1. The number of fused-ring (bicyclic) bond motifs is 1. The zero-order valence-corrected chi connectivity index (χ0v) is 21.3. The number of hydrogen-bond acceptors (Lipinski definition) is 7. The first-order valence-electron chi connectivity index (χ1n) is 12.8. The molecule has 2 aromatic carbocycles. The quantitative estimate of drug-likeness (QED) is 0.345. The van der Waals surface area contributed by atoms with Gasteiger partial charge in [0.25, 0.3) is 5.91 Å². The third-order valence-corrected chi connectivity index (χ3v) is 6.63. The average molecular weight is 527 g/mol. The Hall–Kier alpha value is -3.95. The van der Waals surface area contributed by atoms with E-state index in [9.17, 15) is 23.6 Å². The topological polar surface area (TPSA) is 102 Å². The Balaban J connectivity index is 1.32. The molecular weight excluding hydrogens is 495 g/mol. The van der Waals surface area contributed by atoms with Crippen molar-refractivity contribution in [1.29, 1.82) is 0 Å². The van der Waals surface area contributed by atoms with Crippen molar-refractivity contribution in [3.8, 4) is 11.5 Å². The van der Waals surface area contributed by atoms with E-state index in [0.717, 1.165) is 0 Å². The third-order valence-electron chi connectivity index (χ3n) is 6.63. The van der Waals surface area contributed by atoms with Crippen LogP contribution in [0.5, 0.6) is 11.5 Å². The molecule has 1 fully saturated rings. The molecule has 38 heavy (non-hydrogen) atoms. The first-order chi connectivity index (χ1) is 18.4. The highest BCUT2D eigenvalue weighted by molar-refractivity contribution is 6.02. The summed E-state index contributed by atoms with van der Waals surface area (Å²) < 4.78 is 29.4.